The number of carbonyl (C=O) groups excluding carboxylic acids is 1. The predicted octanol–water partition coefficient (Wildman–Crippen LogP) is 3.21. The Hall–Kier alpha value is -3.59. The Bertz CT molecular complexity index is 1070. The number of carbonyl (C=O) groups is 1. The first-order valence-corrected chi connectivity index (χ1v) is 10.2. The minimum Gasteiger partial charge on any atom is -0.495 e. The van der Waals surface area contributed by atoms with E-state index >= 15 is 0 Å². The third kappa shape index (κ3) is 5.45. The van der Waals surface area contributed by atoms with Gasteiger partial charge in [-0.2, -0.15) is 0 Å². The second-order valence-corrected chi connectivity index (χ2v) is 7.68. The number of nitrogens with one attached hydrogen (secondary N) is 3. The molecule has 0 fully saturated rings. The van der Waals surface area contributed by atoms with Crippen molar-refractivity contribution in [1.29, 1.82) is 0 Å². The predicted molar refractivity (Wildman–Crippen MR) is 110 cm³/mol. The summed E-state index contributed by atoms with van der Waals surface area (Å²) in [4.78, 5) is 16.0. The van der Waals surface area contributed by atoms with E-state index in [9.17, 15) is 13.2 Å². The van der Waals surface area contributed by atoms with E-state index in [0.29, 0.717) is 23.7 Å². The Labute approximate surface area is 169 Å². The van der Waals surface area contributed by atoms with Crippen molar-refractivity contribution in [2.45, 2.75) is 11.4 Å². The second kappa shape index (κ2) is 9.07. The molecule has 0 saturated heterocycles. The molecule has 3 N–H and O–H groups in total. The molecule has 2 amide bonds. The number of benzene rings is 2. The van der Waals surface area contributed by atoms with E-state index in [1.54, 1.807) is 42.7 Å². The lowest BCUT2D eigenvalue weighted by Gasteiger charge is -2.12. The summed E-state index contributed by atoms with van der Waals surface area (Å²) in [5.74, 6) is 0.416. The fourth-order valence-electron chi connectivity index (χ4n) is 2.51. The highest BCUT2D eigenvalue weighted by Crippen LogP contribution is 2.26. The molecule has 9 heteroatoms. The maximum atomic E-state index is 12.6. The van der Waals surface area contributed by atoms with Crippen molar-refractivity contribution >= 4 is 27.4 Å². The van der Waals surface area contributed by atoms with Crippen LogP contribution in [0, 0.1) is 0 Å². The molecule has 150 valence electrons. The van der Waals surface area contributed by atoms with Crippen molar-refractivity contribution < 1.29 is 17.9 Å². The summed E-state index contributed by atoms with van der Waals surface area (Å²) in [6.45, 7) is 0.328. The number of rotatable bonds is 7. The number of urea groups is 1. The van der Waals surface area contributed by atoms with Gasteiger partial charge in [0.25, 0.3) is 10.0 Å². The van der Waals surface area contributed by atoms with Gasteiger partial charge in [-0.3, -0.25) is 9.71 Å². The minimum absolute atomic E-state index is 0.0599. The van der Waals surface area contributed by atoms with E-state index in [1.165, 1.54) is 31.4 Å². The van der Waals surface area contributed by atoms with Crippen LogP contribution in [-0.4, -0.2) is 26.5 Å². The first kappa shape index (κ1) is 20.2. The fourth-order valence-corrected chi connectivity index (χ4v) is 3.58. The summed E-state index contributed by atoms with van der Waals surface area (Å²) < 4.78 is 32.8. The standard InChI is InChI=1S/C20H20N4O4S/c1-28-19-7-3-2-6-18(19)24-29(26,27)17-10-8-16(9-11-17)23-20(25)22-14-15-5-4-12-21-13-15/h2-13,24H,14H2,1H3,(H2,22,23,25). The highest BCUT2D eigenvalue weighted by molar-refractivity contribution is 7.92. The SMILES string of the molecule is COc1ccccc1NS(=O)(=O)c1ccc(NC(=O)NCc2cccnc2)cc1. The number of ether oxygens (including phenoxy) is 1. The quantitative estimate of drug-likeness (QED) is 0.552. The topological polar surface area (TPSA) is 109 Å². The highest BCUT2D eigenvalue weighted by atomic mass is 32.2. The third-order valence-electron chi connectivity index (χ3n) is 3.95. The molecule has 0 aliphatic carbocycles. The molecule has 3 rings (SSSR count). The maximum Gasteiger partial charge on any atom is 0.319 e. The molecular formula is C20H20N4O4S. The summed E-state index contributed by atoms with van der Waals surface area (Å²) in [5, 5.41) is 5.36. The number of hydrogen-bond acceptors (Lipinski definition) is 5. The molecule has 0 saturated carbocycles. The van der Waals surface area contributed by atoms with E-state index in [1.807, 2.05) is 6.07 Å². The zero-order valence-electron chi connectivity index (χ0n) is 15.6. The lowest BCUT2D eigenvalue weighted by atomic mass is 10.3. The average Bonchev–Trinajstić information content (AvgIpc) is 2.73. The molecule has 29 heavy (non-hydrogen) atoms. The van der Waals surface area contributed by atoms with Crippen LogP contribution in [0.3, 0.4) is 0 Å². The number of nitrogens with zero attached hydrogens (tertiary/aromatic N) is 1. The normalized spacial score (nSPS) is 10.8. The molecule has 1 aromatic heterocycles. The molecule has 8 nitrogen and oxygen atoms in total. The monoisotopic (exact) mass is 412 g/mol. The van der Waals surface area contributed by atoms with Gasteiger partial charge in [-0.25, -0.2) is 13.2 Å². The van der Waals surface area contributed by atoms with Crippen molar-refractivity contribution in [3.8, 4) is 5.75 Å². The van der Waals surface area contributed by atoms with E-state index < -0.39 is 16.1 Å². The summed E-state index contributed by atoms with van der Waals surface area (Å²) in [5.41, 5.74) is 1.67. The molecule has 0 radical (unpaired) electrons. The third-order valence-corrected chi connectivity index (χ3v) is 5.33. The van der Waals surface area contributed by atoms with Crippen molar-refractivity contribution in [1.82, 2.24) is 10.3 Å². The number of amides is 2. The molecule has 0 aliphatic heterocycles. The highest BCUT2D eigenvalue weighted by Gasteiger charge is 2.16. The zero-order chi connectivity index (χ0) is 20.7. The van der Waals surface area contributed by atoms with Crippen molar-refractivity contribution in [2.24, 2.45) is 0 Å². The van der Waals surface area contributed by atoms with Crippen LogP contribution in [-0.2, 0) is 16.6 Å². The first-order chi connectivity index (χ1) is 14.0. The van der Waals surface area contributed by atoms with Gasteiger partial charge in [0.1, 0.15) is 5.75 Å². The summed E-state index contributed by atoms with van der Waals surface area (Å²) >= 11 is 0. The van der Waals surface area contributed by atoms with Crippen LogP contribution >= 0.6 is 0 Å². The van der Waals surface area contributed by atoms with Gasteiger partial charge in [-0.15, -0.1) is 0 Å². The minimum atomic E-state index is -3.80. The van der Waals surface area contributed by atoms with Gasteiger partial charge in [0.15, 0.2) is 0 Å². The van der Waals surface area contributed by atoms with E-state index in [4.69, 9.17) is 4.74 Å². The molecule has 0 atom stereocenters. The fraction of sp³-hybridized carbons (Fsp3) is 0.100. The van der Waals surface area contributed by atoms with Crippen molar-refractivity contribution in [3.63, 3.8) is 0 Å². The largest absolute Gasteiger partial charge is 0.495 e. The Morgan fingerprint density at radius 2 is 1.79 bits per heavy atom. The molecule has 0 bridgehead atoms. The summed E-state index contributed by atoms with van der Waals surface area (Å²) in [7, 11) is -2.34. The van der Waals surface area contributed by atoms with Gasteiger partial charge in [-0.1, -0.05) is 18.2 Å². The average molecular weight is 412 g/mol. The van der Waals surface area contributed by atoms with E-state index in [-0.39, 0.29) is 4.90 Å². The van der Waals surface area contributed by atoms with E-state index in [2.05, 4.69) is 20.3 Å². The number of hydrogen-bond donors (Lipinski definition) is 3. The van der Waals surface area contributed by atoms with Gasteiger partial charge in [0.05, 0.1) is 17.7 Å². The number of para-hydroxylation sites is 2. The van der Waals surface area contributed by atoms with Crippen LogP contribution in [0.2, 0.25) is 0 Å². The van der Waals surface area contributed by atoms with Gasteiger partial charge < -0.3 is 15.4 Å². The molecule has 0 aliphatic rings. The van der Waals surface area contributed by atoms with Gasteiger partial charge in [-0.05, 0) is 48.0 Å². The van der Waals surface area contributed by atoms with E-state index in [0.717, 1.165) is 5.56 Å². The molecule has 1 heterocycles. The lowest BCUT2D eigenvalue weighted by molar-refractivity contribution is 0.251. The van der Waals surface area contributed by atoms with Crippen LogP contribution in [0.4, 0.5) is 16.2 Å². The van der Waals surface area contributed by atoms with Gasteiger partial charge >= 0.3 is 6.03 Å². The van der Waals surface area contributed by atoms with Gasteiger partial charge in [0.2, 0.25) is 0 Å². The first-order valence-electron chi connectivity index (χ1n) is 8.67. The summed E-state index contributed by atoms with van der Waals surface area (Å²) in [6.07, 6.45) is 3.32. The molecule has 0 unspecified atom stereocenters. The number of methoxy groups -OCH3 is 1. The van der Waals surface area contributed by atoms with Crippen LogP contribution in [0.25, 0.3) is 0 Å². The molecular weight excluding hydrogens is 392 g/mol. The van der Waals surface area contributed by atoms with Gasteiger partial charge in [0, 0.05) is 24.6 Å². The number of pyridine rings is 1. The zero-order valence-corrected chi connectivity index (χ0v) is 16.4. The maximum absolute atomic E-state index is 12.6. The Morgan fingerprint density at radius 3 is 2.48 bits per heavy atom. The molecule has 0 spiro atoms. The number of anilines is 2. The van der Waals surface area contributed by atoms with Crippen LogP contribution in [0.15, 0.2) is 78.0 Å². The van der Waals surface area contributed by atoms with Crippen molar-refractivity contribution in [2.75, 3.05) is 17.1 Å². The van der Waals surface area contributed by atoms with Crippen molar-refractivity contribution in [3.05, 3.63) is 78.6 Å². The molecule has 2 aromatic carbocycles. The summed E-state index contributed by atoms with van der Waals surface area (Å²) in [6, 6.07) is 15.8. The number of sulfonamides is 1. The Kier molecular flexibility index (Phi) is 6.30. The second-order valence-electron chi connectivity index (χ2n) is 6.00. The Morgan fingerprint density at radius 1 is 1.03 bits per heavy atom. The van der Waals surface area contributed by atoms with Crippen LogP contribution in [0.5, 0.6) is 5.75 Å². The number of aromatic nitrogens is 1. The Balaban J connectivity index is 1.62. The van der Waals surface area contributed by atoms with Crippen LogP contribution in [0.1, 0.15) is 5.56 Å². The molecule has 3 aromatic rings. The van der Waals surface area contributed by atoms with Crippen LogP contribution < -0.4 is 20.1 Å². The smallest absolute Gasteiger partial charge is 0.319 e. The lowest BCUT2D eigenvalue weighted by Crippen LogP contribution is -2.28.